The molecular formula is C36H46N4O5Si. The first-order valence-corrected chi connectivity index (χ1v) is 17.8. The fourth-order valence-electron chi connectivity index (χ4n) is 6.58. The third-order valence-electron chi connectivity index (χ3n) is 8.91. The van der Waals surface area contributed by atoms with Crippen LogP contribution in [0, 0.1) is 12.8 Å². The van der Waals surface area contributed by atoms with Gasteiger partial charge in [0.25, 0.3) is 13.9 Å². The van der Waals surface area contributed by atoms with Crippen molar-refractivity contribution in [2.24, 2.45) is 11.8 Å². The first kappa shape index (κ1) is 33.7. The number of aryl methyl sites for hydroxylation is 1. The second-order valence-electron chi connectivity index (χ2n) is 13.0. The first-order valence-electron chi connectivity index (χ1n) is 15.9. The van der Waals surface area contributed by atoms with Gasteiger partial charge in [0.05, 0.1) is 19.3 Å². The van der Waals surface area contributed by atoms with E-state index in [-0.39, 0.29) is 36.0 Å². The van der Waals surface area contributed by atoms with Gasteiger partial charge in [0.1, 0.15) is 13.0 Å². The van der Waals surface area contributed by atoms with E-state index in [1.807, 2.05) is 42.5 Å². The minimum absolute atomic E-state index is 0.0705. The molecular weight excluding hydrogens is 597 g/mol. The lowest BCUT2D eigenvalue weighted by Gasteiger charge is -2.43. The number of benzene rings is 3. The molecule has 0 bridgehead atoms. The van der Waals surface area contributed by atoms with Gasteiger partial charge >= 0.3 is 5.69 Å². The van der Waals surface area contributed by atoms with Crippen LogP contribution >= 0.6 is 0 Å². The van der Waals surface area contributed by atoms with Crippen LogP contribution in [0.4, 0.5) is 0 Å². The number of hydrogen-bond acceptors (Lipinski definition) is 7. The molecule has 3 N–H and O–H groups in total. The van der Waals surface area contributed by atoms with E-state index in [0.717, 1.165) is 16.6 Å². The zero-order chi connectivity index (χ0) is 32.7. The molecule has 3 aromatic carbocycles. The minimum atomic E-state index is -2.81. The zero-order valence-corrected chi connectivity index (χ0v) is 28.2. The van der Waals surface area contributed by atoms with E-state index >= 15 is 0 Å². The molecule has 1 saturated heterocycles. The highest BCUT2D eigenvalue weighted by Gasteiger charge is 2.51. The van der Waals surface area contributed by atoms with E-state index in [4.69, 9.17) is 19.7 Å². The van der Waals surface area contributed by atoms with Gasteiger partial charge in [0.2, 0.25) is 0 Å². The summed E-state index contributed by atoms with van der Waals surface area (Å²) in [6.45, 7) is 9.54. The van der Waals surface area contributed by atoms with Gasteiger partial charge in [-0.05, 0) is 46.7 Å². The molecule has 0 amide bonds. The highest BCUT2D eigenvalue weighted by atomic mass is 28.4. The van der Waals surface area contributed by atoms with Crippen LogP contribution in [0.5, 0.6) is 0 Å². The number of nitrogens with zero attached hydrogens (tertiary/aromatic N) is 2. The summed E-state index contributed by atoms with van der Waals surface area (Å²) in [6, 6.07) is 30.7. The highest BCUT2D eigenvalue weighted by molar-refractivity contribution is 6.99. The molecule has 3 atom stereocenters. The second-order valence-corrected chi connectivity index (χ2v) is 17.3. The summed E-state index contributed by atoms with van der Waals surface area (Å²) in [5.41, 5.74) is 3.34. The van der Waals surface area contributed by atoms with E-state index < -0.39 is 20.2 Å². The molecule has 1 aromatic heterocycles. The number of hydrazine groups is 1. The van der Waals surface area contributed by atoms with E-state index in [9.17, 15) is 9.59 Å². The lowest BCUT2D eigenvalue weighted by molar-refractivity contribution is -0.0318. The van der Waals surface area contributed by atoms with Crippen LogP contribution in [0.3, 0.4) is 0 Å². The second kappa shape index (κ2) is 14.8. The minimum Gasteiger partial charge on any atom is -0.405 e. The number of ether oxygens (including phenoxy) is 2. The molecule has 1 fully saturated rings. The summed E-state index contributed by atoms with van der Waals surface area (Å²) in [5, 5.41) is 2.20. The average molecular weight is 643 g/mol. The van der Waals surface area contributed by atoms with Crippen molar-refractivity contribution in [1.82, 2.24) is 14.6 Å². The summed E-state index contributed by atoms with van der Waals surface area (Å²) in [7, 11) is -2.81. The first-order chi connectivity index (χ1) is 22.2. The van der Waals surface area contributed by atoms with Gasteiger partial charge in [0, 0.05) is 18.3 Å². The monoisotopic (exact) mass is 642 g/mol. The Labute approximate surface area is 272 Å². The molecule has 0 saturated carbocycles. The molecule has 1 aliphatic heterocycles. The topological polar surface area (TPSA) is 110 Å². The quantitative estimate of drug-likeness (QED) is 0.130. The summed E-state index contributed by atoms with van der Waals surface area (Å²) in [4.78, 5) is 26.8. The summed E-state index contributed by atoms with van der Waals surface area (Å²) >= 11 is 0. The van der Waals surface area contributed by atoms with Gasteiger partial charge in [-0.2, -0.15) is 0 Å². The average Bonchev–Trinajstić information content (AvgIpc) is 3.47. The number of nitrogens with two attached hydrogens (primary N) is 1. The van der Waals surface area contributed by atoms with Crippen molar-refractivity contribution >= 4 is 18.7 Å². The Morgan fingerprint density at radius 3 is 2.09 bits per heavy atom. The van der Waals surface area contributed by atoms with Crippen LogP contribution in [0.2, 0.25) is 5.04 Å². The summed E-state index contributed by atoms with van der Waals surface area (Å²) in [5.74, 6) is 5.77. The number of hydrogen-bond donors (Lipinski definition) is 2. The summed E-state index contributed by atoms with van der Waals surface area (Å²) < 4.78 is 22.4. The van der Waals surface area contributed by atoms with Crippen LogP contribution in [0.1, 0.15) is 51.0 Å². The van der Waals surface area contributed by atoms with E-state index in [2.05, 4.69) is 74.7 Å². The lowest BCUT2D eigenvalue weighted by atomic mass is 9.97. The maximum Gasteiger partial charge on any atom is 0.335 e. The van der Waals surface area contributed by atoms with E-state index in [1.54, 1.807) is 13.1 Å². The Hall–Kier alpha value is -3.64. The molecule has 46 heavy (non-hydrogen) atoms. The van der Waals surface area contributed by atoms with Crippen molar-refractivity contribution in [3.63, 3.8) is 0 Å². The number of nitrogens with one attached hydrogen (secondary N) is 1. The van der Waals surface area contributed by atoms with Crippen LogP contribution in [0.15, 0.2) is 107 Å². The number of aromatic nitrogens is 2. The molecule has 9 nitrogen and oxygen atoms in total. The van der Waals surface area contributed by atoms with Crippen LogP contribution in [0.25, 0.3) is 0 Å². The van der Waals surface area contributed by atoms with Gasteiger partial charge in [-0.3, -0.25) is 20.6 Å². The molecule has 0 aliphatic carbocycles. The maximum atomic E-state index is 13.7. The van der Waals surface area contributed by atoms with E-state index in [0.29, 0.717) is 25.1 Å². The van der Waals surface area contributed by atoms with Gasteiger partial charge in [0.15, 0.2) is 0 Å². The maximum absolute atomic E-state index is 13.7. The molecule has 0 unspecified atom stereocenters. The van der Waals surface area contributed by atoms with Gasteiger partial charge < -0.3 is 13.9 Å². The van der Waals surface area contributed by atoms with Crippen LogP contribution < -0.4 is 32.9 Å². The third kappa shape index (κ3) is 7.17. The zero-order valence-electron chi connectivity index (χ0n) is 27.2. The van der Waals surface area contributed by atoms with Crippen molar-refractivity contribution < 1.29 is 13.9 Å². The number of rotatable bonds is 13. The van der Waals surface area contributed by atoms with Gasteiger partial charge in [-0.25, -0.2) is 9.36 Å². The summed E-state index contributed by atoms with van der Waals surface area (Å²) in [6.07, 6.45) is 2.07. The SMILES string of the molecule is Cc1cn([C@H]2C[C@H](CCNN)[C@@H](CO[Si](c3ccccc3)(c3ccccc3)C(C)(C)C)O2)c(=O)n(COCc2ccccc2)c1=O. The molecule has 5 rings (SSSR count). The fourth-order valence-corrected chi connectivity index (χ4v) is 11.2. The highest BCUT2D eigenvalue weighted by Crippen LogP contribution is 2.39. The molecule has 0 spiro atoms. The Balaban J connectivity index is 1.43. The van der Waals surface area contributed by atoms with Gasteiger partial charge in [-0.1, -0.05) is 112 Å². The normalized spacial score (nSPS) is 18.6. The Kier molecular flexibility index (Phi) is 10.9. The Morgan fingerprint density at radius 2 is 1.52 bits per heavy atom. The Morgan fingerprint density at radius 1 is 0.935 bits per heavy atom. The van der Waals surface area contributed by atoms with E-state index in [1.165, 1.54) is 14.9 Å². The molecule has 2 heterocycles. The molecule has 1 aliphatic rings. The standard InChI is InChI=1S/C36H46N4O5Si/c1-27-23-39(35(42)40(34(27)41)26-43-24-28-14-8-5-9-15-28)33-22-29(20-21-38-37)32(45-33)25-44-46(36(2,3)4,30-16-10-6-11-17-30)31-18-12-7-13-19-31/h5-19,23,29,32-33,38H,20-22,24-26,37H2,1-4H3/t29-,32+,33+/m0/s1. The molecule has 4 aromatic rings. The van der Waals surface area contributed by atoms with Crippen molar-refractivity contribution in [3.8, 4) is 0 Å². The van der Waals surface area contributed by atoms with Crippen LogP contribution in [-0.4, -0.2) is 36.7 Å². The predicted octanol–water partition coefficient (Wildman–Crippen LogP) is 3.83. The van der Waals surface area contributed by atoms with Gasteiger partial charge in [-0.15, -0.1) is 0 Å². The molecule has 10 heteroatoms. The smallest absolute Gasteiger partial charge is 0.335 e. The molecule has 244 valence electrons. The lowest BCUT2D eigenvalue weighted by Crippen LogP contribution is -2.67. The van der Waals surface area contributed by atoms with Crippen LogP contribution in [-0.2, 0) is 27.2 Å². The molecule has 0 radical (unpaired) electrons. The van der Waals surface area contributed by atoms with Crippen molar-refractivity contribution in [2.45, 2.75) is 71.2 Å². The Bertz CT molecular complexity index is 1630. The third-order valence-corrected chi connectivity index (χ3v) is 13.9. The van der Waals surface area contributed by atoms with Crippen molar-refractivity contribution in [2.75, 3.05) is 13.2 Å². The largest absolute Gasteiger partial charge is 0.405 e. The predicted molar refractivity (Wildman–Crippen MR) is 183 cm³/mol. The fraction of sp³-hybridized carbons (Fsp3) is 0.389. The van der Waals surface area contributed by atoms with Crippen molar-refractivity contribution in [1.29, 1.82) is 0 Å². The van der Waals surface area contributed by atoms with Crippen molar-refractivity contribution in [3.05, 3.63) is 129 Å².